The standard InChI is InChI=1S/C23H26N6O2/c1-17-7-8-20(24-16-17)25-21-9-10-22(27-26-21)28-11-13-29(14-12-28)23(30)15-18-5-3-4-6-19(18)31-2/h3-10,16H,11-15H2,1-2H3,(H,24,25,26). The van der Waals surface area contributed by atoms with Crippen molar-refractivity contribution in [3.63, 3.8) is 0 Å². The lowest BCUT2D eigenvalue weighted by molar-refractivity contribution is -0.130. The van der Waals surface area contributed by atoms with Crippen molar-refractivity contribution in [1.29, 1.82) is 0 Å². The Bertz CT molecular complexity index is 1010. The maximum absolute atomic E-state index is 12.7. The summed E-state index contributed by atoms with van der Waals surface area (Å²) in [5, 5.41) is 11.8. The summed E-state index contributed by atoms with van der Waals surface area (Å²) in [6.07, 6.45) is 2.15. The molecule has 3 heterocycles. The number of hydrogen-bond donors (Lipinski definition) is 1. The summed E-state index contributed by atoms with van der Waals surface area (Å²) in [5.41, 5.74) is 2.02. The number of piperazine rings is 1. The summed E-state index contributed by atoms with van der Waals surface area (Å²) in [4.78, 5) is 21.1. The number of pyridine rings is 1. The van der Waals surface area contributed by atoms with E-state index in [-0.39, 0.29) is 5.91 Å². The smallest absolute Gasteiger partial charge is 0.227 e. The van der Waals surface area contributed by atoms with Gasteiger partial charge in [0.15, 0.2) is 11.6 Å². The summed E-state index contributed by atoms with van der Waals surface area (Å²) >= 11 is 0. The van der Waals surface area contributed by atoms with Gasteiger partial charge in [0.1, 0.15) is 11.6 Å². The van der Waals surface area contributed by atoms with Crippen LogP contribution in [0.4, 0.5) is 17.5 Å². The number of rotatable bonds is 6. The minimum absolute atomic E-state index is 0.111. The molecular weight excluding hydrogens is 392 g/mol. The third-order valence-corrected chi connectivity index (χ3v) is 5.31. The van der Waals surface area contributed by atoms with Crippen LogP contribution in [0.25, 0.3) is 0 Å². The van der Waals surface area contributed by atoms with Crippen LogP contribution in [-0.2, 0) is 11.2 Å². The van der Waals surface area contributed by atoms with Crippen LogP contribution in [0.1, 0.15) is 11.1 Å². The van der Waals surface area contributed by atoms with Crippen molar-refractivity contribution in [2.45, 2.75) is 13.3 Å². The molecule has 160 valence electrons. The highest BCUT2D eigenvalue weighted by Crippen LogP contribution is 2.20. The molecule has 0 spiro atoms. The molecule has 1 fully saturated rings. The van der Waals surface area contributed by atoms with E-state index in [4.69, 9.17) is 4.74 Å². The fourth-order valence-corrected chi connectivity index (χ4v) is 3.54. The Morgan fingerprint density at radius 3 is 2.45 bits per heavy atom. The fraction of sp³-hybridized carbons (Fsp3) is 0.304. The quantitative estimate of drug-likeness (QED) is 0.659. The van der Waals surface area contributed by atoms with Gasteiger partial charge >= 0.3 is 0 Å². The van der Waals surface area contributed by atoms with Crippen molar-refractivity contribution in [3.05, 3.63) is 65.9 Å². The molecule has 31 heavy (non-hydrogen) atoms. The summed E-state index contributed by atoms with van der Waals surface area (Å²) in [6.45, 7) is 4.75. The van der Waals surface area contributed by atoms with Crippen molar-refractivity contribution in [2.75, 3.05) is 43.5 Å². The molecule has 0 saturated carbocycles. The monoisotopic (exact) mass is 418 g/mol. The SMILES string of the molecule is COc1ccccc1CC(=O)N1CCN(c2ccc(Nc3ccc(C)cn3)nn2)CC1. The predicted molar refractivity (Wildman–Crippen MR) is 120 cm³/mol. The Balaban J connectivity index is 1.31. The molecule has 1 aliphatic rings. The molecular formula is C23H26N6O2. The van der Waals surface area contributed by atoms with Gasteiger partial charge in [-0.15, -0.1) is 10.2 Å². The number of anilines is 3. The topological polar surface area (TPSA) is 83.5 Å². The Morgan fingerprint density at radius 2 is 1.77 bits per heavy atom. The van der Waals surface area contributed by atoms with Gasteiger partial charge in [-0.25, -0.2) is 4.98 Å². The average molecular weight is 419 g/mol. The molecule has 2 aromatic heterocycles. The first-order chi connectivity index (χ1) is 15.1. The average Bonchev–Trinajstić information content (AvgIpc) is 2.81. The lowest BCUT2D eigenvalue weighted by atomic mass is 10.1. The molecule has 4 rings (SSSR count). The lowest BCUT2D eigenvalue weighted by Gasteiger charge is -2.35. The number of aryl methyl sites for hydroxylation is 1. The van der Waals surface area contributed by atoms with E-state index >= 15 is 0 Å². The van der Waals surface area contributed by atoms with Gasteiger partial charge < -0.3 is 19.9 Å². The van der Waals surface area contributed by atoms with Crippen LogP contribution < -0.4 is 15.0 Å². The molecule has 1 saturated heterocycles. The van der Waals surface area contributed by atoms with Crippen molar-refractivity contribution >= 4 is 23.4 Å². The Kier molecular flexibility index (Phi) is 6.26. The zero-order valence-electron chi connectivity index (χ0n) is 17.8. The first kappa shape index (κ1) is 20.6. The van der Waals surface area contributed by atoms with Crippen LogP contribution in [0.3, 0.4) is 0 Å². The number of aromatic nitrogens is 3. The number of methoxy groups -OCH3 is 1. The Labute approximate surface area is 181 Å². The van der Waals surface area contributed by atoms with Crippen molar-refractivity contribution < 1.29 is 9.53 Å². The molecule has 1 amide bonds. The van der Waals surface area contributed by atoms with Gasteiger partial charge in [-0.2, -0.15) is 0 Å². The van der Waals surface area contributed by atoms with Gasteiger partial charge in [0.25, 0.3) is 0 Å². The predicted octanol–water partition coefficient (Wildman–Crippen LogP) is 2.82. The van der Waals surface area contributed by atoms with Gasteiger partial charge in [-0.1, -0.05) is 24.3 Å². The number of carbonyl (C=O) groups is 1. The van der Waals surface area contributed by atoms with Gasteiger partial charge in [-0.3, -0.25) is 4.79 Å². The summed E-state index contributed by atoms with van der Waals surface area (Å²) in [7, 11) is 1.63. The van der Waals surface area contributed by atoms with Gasteiger partial charge in [-0.05, 0) is 36.8 Å². The Morgan fingerprint density at radius 1 is 1.00 bits per heavy atom. The van der Waals surface area contributed by atoms with Gasteiger partial charge in [0, 0.05) is 37.9 Å². The second-order valence-corrected chi connectivity index (χ2v) is 7.48. The van der Waals surface area contributed by atoms with Crippen LogP contribution >= 0.6 is 0 Å². The number of nitrogens with zero attached hydrogens (tertiary/aromatic N) is 5. The van der Waals surface area contributed by atoms with Crippen LogP contribution in [0.2, 0.25) is 0 Å². The maximum atomic E-state index is 12.7. The van der Waals surface area contributed by atoms with Gasteiger partial charge in [0.05, 0.1) is 13.5 Å². The zero-order chi connectivity index (χ0) is 21.6. The third kappa shape index (κ3) is 5.09. The first-order valence-corrected chi connectivity index (χ1v) is 10.3. The normalized spacial score (nSPS) is 13.7. The number of ether oxygens (including phenoxy) is 1. The number of hydrogen-bond acceptors (Lipinski definition) is 7. The van der Waals surface area contributed by atoms with Gasteiger partial charge in [0.2, 0.25) is 5.91 Å². The molecule has 3 aromatic rings. The van der Waals surface area contributed by atoms with Crippen LogP contribution in [0, 0.1) is 6.92 Å². The highest BCUT2D eigenvalue weighted by atomic mass is 16.5. The van der Waals surface area contributed by atoms with Crippen LogP contribution in [0.5, 0.6) is 5.75 Å². The highest BCUT2D eigenvalue weighted by molar-refractivity contribution is 5.79. The van der Waals surface area contributed by atoms with E-state index in [9.17, 15) is 4.79 Å². The van der Waals surface area contributed by atoms with Crippen molar-refractivity contribution in [3.8, 4) is 5.75 Å². The third-order valence-electron chi connectivity index (χ3n) is 5.31. The number of nitrogens with one attached hydrogen (secondary N) is 1. The second-order valence-electron chi connectivity index (χ2n) is 7.48. The molecule has 1 aromatic carbocycles. The number of amides is 1. The van der Waals surface area contributed by atoms with Crippen LogP contribution in [0.15, 0.2) is 54.7 Å². The summed E-state index contributed by atoms with van der Waals surface area (Å²) in [5.74, 6) is 3.04. The molecule has 0 radical (unpaired) electrons. The van der Waals surface area contributed by atoms with E-state index in [2.05, 4.69) is 25.4 Å². The van der Waals surface area contributed by atoms with Crippen molar-refractivity contribution in [1.82, 2.24) is 20.1 Å². The number of carbonyl (C=O) groups excluding carboxylic acids is 1. The minimum atomic E-state index is 0.111. The largest absolute Gasteiger partial charge is 0.496 e. The molecule has 8 heteroatoms. The zero-order valence-corrected chi connectivity index (χ0v) is 17.8. The molecule has 0 aliphatic carbocycles. The van der Waals surface area contributed by atoms with Crippen LogP contribution in [-0.4, -0.2) is 59.3 Å². The van der Waals surface area contributed by atoms with Crippen molar-refractivity contribution in [2.24, 2.45) is 0 Å². The minimum Gasteiger partial charge on any atom is -0.496 e. The molecule has 0 unspecified atom stereocenters. The van der Waals surface area contributed by atoms with E-state index in [1.165, 1.54) is 0 Å². The summed E-state index contributed by atoms with van der Waals surface area (Å²) < 4.78 is 5.36. The van der Waals surface area contributed by atoms with E-state index in [0.29, 0.717) is 25.3 Å². The molecule has 1 aliphatic heterocycles. The number of benzene rings is 1. The first-order valence-electron chi connectivity index (χ1n) is 10.3. The molecule has 0 bridgehead atoms. The molecule has 8 nitrogen and oxygen atoms in total. The fourth-order valence-electron chi connectivity index (χ4n) is 3.54. The number of para-hydroxylation sites is 1. The maximum Gasteiger partial charge on any atom is 0.227 e. The van der Waals surface area contributed by atoms with E-state index < -0.39 is 0 Å². The molecule has 0 atom stereocenters. The highest BCUT2D eigenvalue weighted by Gasteiger charge is 2.23. The molecule has 1 N–H and O–H groups in total. The summed E-state index contributed by atoms with van der Waals surface area (Å²) in [6, 6.07) is 15.4. The van der Waals surface area contributed by atoms with E-state index in [1.807, 2.05) is 60.4 Å². The van der Waals surface area contributed by atoms with E-state index in [1.54, 1.807) is 13.3 Å². The second kappa shape index (κ2) is 9.42. The van der Waals surface area contributed by atoms with E-state index in [0.717, 1.165) is 41.6 Å². The Hall–Kier alpha value is -3.68. The lowest BCUT2D eigenvalue weighted by Crippen LogP contribution is -2.49.